The van der Waals surface area contributed by atoms with Gasteiger partial charge in [0.2, 0.25) is 17.6 Å². The number of carboxylic acid groups (broad SMARTS) is 1. The minimum absolute atomic E-state index is 0.00963. The van der Waals surface area contributed by atoms with E-state index in [1.807, 2.05) is 72.8 Å². The number of aromatic nitrogens is 4. The van der Waals surface area contributed by atoms with Gasteiger partial charge in [-0.15, -0.1) is 0 Å². The number of rotatable bonds is 21. The molecule has 95 heavy (non-hydrogen) atoms. The third kappa shape index (κ3) is 17.5. The Hall–Kier alpha value is -12.0. The van der Waals surface area contributed by atoms with Crippen molar-refractivity contribution >= 4 is 41.0 Å². The van der Waals surface area contributed by atoms with Crippen molar-refractivity contribution in [3.05, 3.63) is 251 Å². The van der Waals surface area contributed by atoms with Gasteiger partial charge in [0, 0.05) is 63.4 Å². The second-order valence-corrected chi connectivity index (χ2v) is 23.5. The molecule has 0 radical (unpaired) electrons. The van der Waals surface area contributed by atoms with Gasteiger partial charge in [-0.1, -0.05) is 149 Å². The van der Waals surface area contributed by atoms with Crippen molar-refractivity contribution in [1.82, 2.24) is 30.1 Å². The lowest BCUT2D eigenvalue weighted by molar-refractivity contribution is -0.155. The van der Waals surface area contributed by atoms with Crippen molar-refractivity contribution in [2.75, 3.05) is 38.4 Å². The molecule has 0 saturated carbocycles. The number of ether oxygens (including phenoxy) is 3. The number of aryl methyl sites for hydroxylation is 2. The Bertz CT molecular complexity index is 4430. The molecule has 11 rings (SSSR count). The molecule has 0 aliphatic rings. The molecule has 19 heteroatoms. The van der Waals surface area contributed by atoms with Gasteiger partial charge in [-0.05, 0) is 153 Å². The van der Waals surface area contributed by atoms with E-state index in [1.165, 1.54) is 35.1 Å². The summed E-state index contributed by atoms with van der Waals surface area (Å²) in [6.07, 6.45) is 0.00963. The minimum Gasteiger partial charge on any atom is -0.496 e. The lowest BCUT2D eigenvalue weighted by Crippen LogP contribution is -2.38. The molecule has 0 unspecified atom stereocenters. The second-order valence-electron chi connectivity index (χ2n) is 23.5. The summed E-state index contributed by atoms with van der Waals surface area (Å²) in [7, 11) is 3.04. The Kier molecular flexibility index (Phi) is 20.8. The summed E-state index contributed by atoms with van der Waals surface area (Å²) in [5, 5.41) is 20.7. The molecule has 4 N–H and O–H groups in total. The molecule has 9 aromatic carbocycles. The SMILES string of the molecule is COc1cccc(OC)c1CC(=O)Nc1ccc(C(=O)N(CC(=O)O)Cc2ccc(-c3noc(-c4ccc(-c5ccc(C)cc5)cc4)n3)cc2)cc1.Cc1ccc(-c2ccc(-c3nc(-c4ccc(CN(CC(=O)OC(C)(C)C)C(=O)c5ccc(N)cc5)cc4)no3)cc2)cc1. The molecule has 2 heterocycles. The molecule has 0 spiro atoms. The molecule has 19 nitrogen and oxygen atoms in total. The molecule has 480 valence electrons. The molecule has 2 aromatic heterocycles. The van der Waals surface area contributed by atoms with E-state index in [9.17, 15) is 29.1 Å². The molecule has 11 aromatic rings. The van der Waals surface area contributed by atoms with E-state index in [2.05, 4.69) is 88.0 Å². The van der Waals surface area contributed by atoms with Crippen LogP contribution in [0.25, 0.3) is 67.9 Å². The van der Waals surface area contributed by atoms with Crippen LogP contribution in [0.15, 0.2) is 221 Å². The molecule has 0 saturated heterocycles. The average molecular weight is 1270 g/mol. The molecule has 0 bridgehead atoms. The molecular formula is C76H70N8O11. The molecule has 0 atom stereocenters. The van der Waals surface area contributed by atoms with Gasteiger partial charge in [0.05, 0.1) is 20.6 Å². The molecule has 0 aliphatic carbocycles. The highest BCUT2D eigenvalue weighted by molar-refractivity contribution is 5.98. The lowest BCUT2D eigenvalue weighted by atomic mass is 10.0. The fraction of sp³-hybridized carbons (Fsp3) is 0.171. The van der Waals surface area contributed by atoms with Crippen LogP contribution in [-0.2, 0) is 38.6 Å². The number of nitrogens with one attached hydrogen (secondary N) is 1. The van der Waals surface area contributed by atoms with Crippen LogP contribution in [0, 0.1) is 13.8 Å². The van der Waals surface area contributed by atoms with E-state index in [0.29, 0.717) is 68.6 Å². The van der Waals surface area contributed by atoms with E-state index < -0.39 is 30.0 Å². The number of hydrogen-bond acceptors (Lipinski definition) is 15. The number of hydrogen-bond donors (Lipinski definition) is 3. The number of anilines is 2. The van der Waals surface area contributed by atoms with Crippen LogP contribution in [0.2, 0.25) is 0 Å². The zero-order chi connectivity index (χ0) is 67.2. The first-order valence-electron chi connectivity index (χ1n) is 30.4. The second kappa shape index (κ2) is 30.0. The van der Waals surface area contributed by atoms with Gasteiger partial charge in [-0.3, -0.25) is 24.0 Å². The Morgan fingerprint density at radius 1 is 0.495 bits per heavy atom. The third-order valence-corrected chi connectivity index (χ3v) is 15.1. The van der Waals surface area contributed by atoms with Crippen molar-refractivity contribution in [3.63, 3.8) is 0 Å². The Morgan fingerprint density at radius 3 is 1.27 bits per heavy atom. The smallest absolute Gasteiger partial charge is 0.326 e. The van der Waals surface area contributed by atoms with Gasteiger partial charge in [0.15, 0.2) is 0 Å². The first kappa shape index (κ1) is 65.9. The molecule has 0 aliphatic heterocycles. The lowest BCUT2D eigenvalue weighted by Gasteiger charge is -2.25. The predicted octanol–water partition coefficient (Wildman–Crippen LogP) is 14.2. The van der Waals surface area contributed by atoms with Crippen LogP contribution >= 0.6 is 0 Å². The number of carboxylic acids is 1. The highest BCUT2D eigenvalue weighted by Crippen LogP contribution is 2.32. The minimum atomic E-state index is -1.15. The number of nitrogen functional groups attached to an aromatic ring is 1. The first-order chi connectivity index (χ1) is 45.7. The van der Waals surface area contributed by atoms with Crippen molar-refractivity contribution in [2.45, 2.75) is 59.7 Å². The standard InChI is InChI=1S/C41H36N4O7.C35H34N4O4/c1-26-7-11-28(12-8-26)29-15-17-31(18-16-29)40-43-39(44-52-40)30-13-9-27(10-14-30)24-45(25-38(47)48)41(49)32-19-21-33(22-20-32)42-37(46)23-34-35(50-2)5-4-6-36(34)51-3;1-23-5-9-25(10-6-23)26-13-15-28(16-14-26)33-37-32(38-43-33)27-11-7-24(8-12-27)21-39(22-31(40)42-35(2,3)4)34(41)29-17-19-30(36)20-18-29/h4-22H,23-25H2,1-3H3,(H,42,46)(H,47,48);5-20H,21-22,36H2,1-4H3. The quantitative estimate of drug-likeness (QED) is 0.0446. The van der Waals surface area contributed by atoms with Crippen molar-refractivity contribution in [3.8, 4) is 79.4 Å². The zero-order valence-corrected chi connectivity index (χ0v) is 53.5. The number of methoxy groups -OCH3 is 2. The largest absolute Gasteiger partial charge is 0.496 e. The average Bonchev–Trinajstić information content (AvgIpc) is 1.84. The summed E-state index contributed by atoms with van der Waals surface area (Å²) in [4.78, 5) is 75.9. The van der Waals surface area contributed by atoms with Crippen LogP contribution in [-0.4, -0.2) is 97.8 Å². The van der Waals surface area contributed by atoms with Gasteiger partial charge >= 0.3 is 11.9 Å². The van der Waals surface area contributed by atoms with Crippen molar-refractivity contribution in [2.24, 2.45) is 0 Å². The molecular weight excluding hydrogens is 1200 g/mol. The monoisotopic (exact) mass is 1270 g/mol. The van der Waals surface area contributed by atoms with Crippen LogP contribution in [0.1, 0.15) is 69.3 Å². The van der Waals surface area contributed by atoms with Gasteiger partial charge in [0.25, 0.3) is 23.6 Å². The fourth-order valence-corrected chi connectivity index (χ4v) is 10.2. The maximum Gasteiger partial charge on any atom is 0.326 e. The number of aliphatic carboxylic acids is 1. The van der Waals surface area contributed by atoms with E-state index in [4.69, 9.17) is 29.0 Å². The molecule has 0 fully saturated rings. The summed E-state index contributed by atoms with van der Waals surface area (Å²) < 4.78 is 27.3. The van der Waals surface area contributed by atoms with Crippen molar-refractivity contribution < 1.29 is 52.3 Å². The van der Waals surface area contributed by atoms with E-state index in [-0.39, 0.29) is 43.4 Å². The van der Waals surface area contributed by atoms with Gasteiger partial charge in [-0.25, -0.2) is 0 Å². The number of nitrogens with zero attached hydrogens (tertiary/aromatic N) is 6. The normalized spacial score (nSPS) is 11.0. The third-order valence-electron chi connectivity index (χ3n) is 15.1. The van der Waals surface area contributed by atoms with E-state index >= 15 is 0 Å². The number of esters is 1. The maximum absolute atomic E-state index is 13.5. The first-order valence-corrected chi connectivity index (χ1v) is 30.4. The maximum atomic E-state index is 13.5. The van der Waals surface area contributed by atoms with E-state index in [0.717, 1.165) is 44.5 Å². The summed E-state index contributed by atoms with van der Waals surface area (Å²) in [5.41, 5.74) is 18.9. The number of amides is 3. The summed E-state index contributed by atoms with van der Waals surface area (Å²) in [6.45, 7) is 9.05. The molecule has 3 amide bonds. The van der Waals surface area contributed by atoms with Crippen molar-refractivity contribution in [1.29, 1.82) is 0 Å². The Balaban J connectivity index is 0.000000211. The Morgan fingerprint density at radius 2 is 0.874 bits per heavy atom. The van der Waals surface area contributed by atoms with Crippen LogP contribution in [0.5, 0.6) is 11.5 Å². The zero-order valence-electron chi connectivity index (χ0n) is 53.5. The van der Waals surface area contributed by atoms with Crippen LogP contribution < -0.4 is 20.5 Å². The number of carbonyl (C=O) groups is 5. The summed E-state index contributed by atoms with van der Waals surface area (Å²) in [6, 6.07) is 65.4. The Labute approximate surface area is 549 Å². The highest BCUT2D eigenvalue weighted by Gasteiger charge is 2.25. The summed E-state index contributed by atoms with van der Waals surface area (Å²) in [5.74, 6) is 0.0119. The van der Waals surface area contributed by atoms with Crippen LogP contribution in [0.3, 0.4) is 0 Å². The number of benzene rings is 9. The predicted molar refractivity (Wildman–Crippen MR) is 363 cm³/mol. The topological polar surface area (TPSA) is 256 Å². The van der Waals surface area contributed by atoms with Crippen LogP contribution in [0.4, 0.5) is 11.4 Å². The van der Waals surface area contributed by atoms with Gasteiger partial charge < -0.3 is 49.2 Å². The fourth-order valence-electron chi connectivity index (χ4n) is 10.2. The van der Waals surface area contributed by atoms with E-state index in [1.54, 1.807) is 112 Å². The number of nitrogens with two attached hydrogens (primary N) is 1. The van der Waals surface area contributed by atoms with Gasteiger partial charge in [0.1, 0.15) is 30.2 Å². The van der Waals surface area contributed by atoms with Gasteiger partial charge in [-0.2, -0.15) is 9.97 Å². The number of carbonyl (C=O) groups excluding carboxylic acids is 4. The summed E-state index contributed by atoms with van der Waals surface area (Å²) >= 11 is 0. The highest BCUT2D eigenvalue weighted by atomic mass is 16.6.